The van der Waals surface area contributed by atoms with Crippen LogP contribution < -0.4 is 5.73 Å². The molecule has 0 bridgehead atoms. The number of sulfonamides is 1. The lowest BCUT2D eigenvalue weighted by Gasteiger charge is -2.25. The molecule has 0 amide bonds. The number of nitrogens with zero attached hydrogens (tertiary/aromatic N) is 1. The van der Waals surface area contributed by atoms with E-state index in [1.54, 1.807) is 4.31 Å². The molecule has 1 rings (SSSR count). The Balaban J connectivity index is 2.60. The summed E-state index contributed by atoms with van der Waals surface area (Å²) in [7, 11) is -3.07. The van der Waals surface area contributed by atoms with E-state index >= 15 is 0 Å². The molecule has 0 fully saturated rings. The van der Waals surface area contributed by atoms with Crippen molar-refractivity contribution in [1.82, 2.24) is 4.31 Å². The summed E-state index contributed by atoms with van der Waals surface area (Å²) < 4.78 is 25.0. The van der Waals surface area contributed by atoms with E-state index in [2.05, 4.69) is 6.08 Å². The third kappa shape index (κ3) is 3.08. The molecule has 0 spiro atoms. The highest BCUT2D eigenvalue weighted by Gasteiger charge is 2.22. The van der Waals surface area contributed by atoms with E-state index in [9.17, 15) is 8.42 Å². The van der Waals surface area contributed by atoms with Crippen LogP contribution in [0.1, 0.15) is 19.8 Å². The first-order valence-corrected chi connectivity index (χ1v) is 6.50. The van der Waals surface area contributed by atoms with Crippen LogP contribution >= 0.6 is 0 Å². The van der Waals surface area contributed by atoms with Crippen molar-refractivity contribution in [1.29, 1.82) is 0 Å². The van der Waals surface area contributed by atoms with E-state index in [4.69, 9.17) is 5.73 Å². The van der Waals surface area contributed by atoms with Gasteiger partial charge in [-0.25, -0.2) is 8.42 Å². The Labute approximate surface area is 85.8 Å². The molecule has 1 aliphatic heterocycles. The van der Waals surface area contributed by atoms with Gasteiger partial charge in [0.25, 0.3) is 0 Å². The average Bonchev–Trinajstić information content (AvgIpc) is 2.15. The summed E-state index contributed by atoms with van der Waals surface area (Å²) in [6.45, 7) is 3.56. The molecular formula is C9H18N2O2S. The molecule has 0 radical (unpaired) electrons. The summed E-state index contributed by atoms with van der Waals surface area (Å²) in [5.41, 5.74) is 6.43. The van der Waals surface area contributed by atoms with E-state index in [-0.39, 0.29) is 5.75 Å². The van der Waals surface area contributed by atoms with Gasteiger partial charge in [0.15, 0.2) is 0 Å². The van der Waals surface area contributed by atoms with Crippen LogP contribution in [0, 0.1) is 0 Å². The molecule has 0 unspecified atom stereocenters. The van der Waals surface area contributed by atoms with Gasteiger partial charge in [-0.2, -0.15) is 4.31 Å². The van der Waals surface area contributed by atoms with E-state index in [0.29, 0.717) is 26.1 Å². The first-order valence-electron chi connectivity index (χ1n) is 4.90. The van der Waals surface area contributed by atoms with Gasteiger partial charge in [0.2, 0.25) is 10.0 Å². The molecule has 0 aromatic carbocycles. The zero-order valence-corrected chi connectivity index (χ0v) is 9.39. The molecule has 0 aromatic heterocycles. The molecule has 0 saturated carbocycles. The van der Waals surface area contributed by atoms with E-state index in [1.165, 1.54) is 0 Å². The highest BCUT2D eigenvalue weighted by atomic mass is 32.2. The van der Waals surface area contributed by atoms with Gasteiger partial charge in [-0.05, 0) is 26.3 Å². The maximum absolute atomic E-state index is 11.7. The largest absolute Gasteiger partial charge is 0.330 e. The molecular weight excluding hydrogens is 200 g/mol. The molecule has 2 N–H and O–H groups in total. The van der Waals surface area contributed by atoms with Crippen LogP contribution in [-0.4, -0.2) is 38.1 Å². The van der Waals surface area contributed by atoms with Crippen LogP contribution in [0.25, 0.3) is 0 Å². The van der Waals surface area contributed by atoms with Gasteiger partial charge in [0.1, 0.15) is 0 Å². The Bertz CT molecular complexity index is 309. The monoisotopic (exact) mass is 218 g/mol. The lowest BCUT2D eigenvalue weighted by Crippen LogP contribution is -2.37. The third-order valence-electron chi connectivity index (χ3n) is 2.30. The third-order valence-corrected chi connectivity index (χ3v) is 4.20. The van der Waals surface area contributed by atoms with E-state index in [0.717, 1.165) is 12.0 Å². The average molecular weight is 218 g/mol. The Morgan fingerprint density at radius 3 is 2.86 bits per heavy atom. The zero-order chi connectivity index (χ0) is 10.6. The van der Waals surface area contributed by atoms with Crippen molar-refractivity contribution in [3.8, 4) is 0 Å². The Morgan fingerprint density at radius 1 is 1.57 bits per heavy atom. The van der Waals surface area contributed by atoms with Gasteiger partial charge in [-0.1, -0.05) is 11.6 Å². The van der Waals surface area contributed by atoms with E-state index in [1.807, 2.05) is 6.92 Å². The molecule has 0 aromatic rings. The topological polar surface area (TPSA) is 63.4 Å². The van der Waals surface area contributed by atoms with Gasteiger partial charge in [-0.3, -0.25) is 0 Å². The molecule has 14 heavy (non-hydrogen) atoms. The maximum Gasteiger partial charge on any atom is 0.214 e. The first kappa shape index (κ1) is 11.7. The van der Waals surface area contributed by atoms with Crippen molar-refractivity contribution < 1.29 is 8.42 Å². The van der Waals surface area contributed by atoms with Crippen LogP contribution in [0.2, 0.25) is 0 Å². The van der Waals surface area contributed by atoms with Gasteiger partial charge in [-0.15, -0.1) is 0 Å². The standard InChI is InChI=1S/C9H18N2O2S/c1-9-4-2-6-11(8-9)14(12,13)7-3-5-10/h4H,2-3,5-8,10H2,1H3. The predicted molar refractivity (Wildman–Crippen MR) is 57.4 cm³/mol. The Kier molecular flexibility index (Phi) is 4.10. The van der Waals surface area contributed by atoms with Crippen molar-refractivity contribution >= 4 is 10.0 Å². The summed E-state index contributed by atoms with van der Waals surface area (Å²) in [5, 5.41) is 0. The predicted octanol–water partition coefficient (Wildman–Crippen LogP) is 0.317. The molecule has 0 saturated heterocycles. The summed E-state index contributed by atoms with van der Waals surface area (Å²) in [6, 6.07) is 0. The summed E-state index contributed by atoms with van der Waals surface area (Å²) >= 11 is 0. The van der Waals surface area contributed by atoms with E-state index < -0.39 is 10.0 Å². The van der Waals surface area contributed by atoms with Gasteiger partial charge >= 0.3 is 0 Å². The minimum Gasteiger partial charge on any atom is -0.330 e. The van der Waals surface area contributed by atoms with Crippen LogP contribution in [-0.2, 0) is 10.0 Å². The molecule has 1 heterocycles. The second-order valence-electron chi connectivity index (χ2n) is 3.63. The fourth-order valence-corrected chi connectivity index (χ4v) is 3.08. The smallest absolute Gasteiger partial charge is 0.214 e. The number of rotatable bonds is 4. The zero-order valence-electron chi connectivity index (χ0n) is 8.57. The highest BCUT2D eigenvalue weighted by Crippen LogP contribution is 2.13. The minimum absolute atomic E-state index is 0.177. The normalized spacial score (nSPS) is 19.4. The molecule has 1 aliphatic rings. The number of hydrogen-bond donors (Lipinski definition) is 1. The van der Waals surface area contributed by atoms with Gasteiger partial charge in [0.05, 0.1) is 5.75 Å². The Hall–Kier alpha value is -0.390. The Morgan fingerprint density at radius 2 is 2.29 bits per heavy atom. The van der Waals surface area contributed by atoms with Crippen LogP contribution in [0.4, 0.5) is 0 Å². The van der Waals surface area contributed by atoms with Crippen molar-refractivity contribution in [3.63, 3.8) is 0 Å². The van der Waals surface area contributed by atoms with Crippen molar-refractivity contribution in [2.45, 2.75) is 19.8 Å². The molecule has 82 valence electrons. The lowest BCUT2D eigenvalue weighted by molar-refractivity contribution is 0.427. The first-order chi connectivity index (χ1) is 6.56. The molecule has 0 atom stereocenters. The van der Waals surface area contributed by atoms with Crippen LogP contribution in [0.3, 0.4) is 0 Å². The maximum atomic E-state index is 11.7. The van der Waals surface area contributed by atoms with Crippen molar-refractivity contribution in [3.05, 3.63) is 11.6 Å². The molecule has 4 nitrogen and oxygen atoms in total. The second-order valence-corrected chi connectivity index (χ2v) is 5.72. The van der Waals surface area contributed by atoms with Crippen LogP contribution in [0.5, 0.6) is 0 Å². The summed E-state index contributed by atoms with van der Waals surface area (Å²) in [4.78, 5) is 0. The van der Waals surface area contributed by atoms with Crippen LogP contribution in [0.15, 0.2) is 11.6 Å². The minimum atomic E-state index is -3.07. The fourth-order valence-electron chi connectivity index (χ4n) is 1.51. The highest BCUT2D eigenvalue weighted by molar-refractivity contribution is 7.89. The van der Waals surface area contributed by atoms with Crippen molar-refractivity contribution in [2.75, 3.05) is 25.4 Å². The van der Waals surface area contributed by atoms with Crippen molar-refractivity contribution in [2.24, 2.45) is 5.73 Å². The second kappa shape index (κ2) is 4.91. The lowest BCUT2D eigenvalue weighted by atomic mass is 10.2. The number of nitrogens with two attached hydrogens (primary N) is 1. The quantitative estimate of drug-likeness (QED) is 0.691. The fraction of sp³-hybridized carbons (Fsp3) is 0.778. The SMILES string of the molecule is CC1=CCCN(S(=O)(=O)CCCN)C1. The summed E-state index contributed by atoms with van der Waals surface area (Å²) in [5.74, 6) is 0.177. The van der Waals surface area contributed by atoms with Gasteiger partial charge < -0.3 is 5.73 Å². The van der Waals surface area contributed by atoms with Gasteiger partial charge in [0, 0.05) is 13.1 Å². The molecule has 0 aliphatic carbocycles. The number of hydrogen-bond acceptors (Lipinski definition) is 3. The molecule has 5 heteroatoms. The summed E-state index contributed by atoms with van der Waals surface area (Å²) in [6.07, 6.45) is 3.46.